The van der Waals surface area contributed by atoms with E-state index in [1.165, 1.54) is 0 Å². The predicted molar refractivity (Wildman–Crippen MR) is 100 cm³/mol. The Morgan fingerprint density at radius 3 is 1.97 bits per heavy atom. The van der Waals surface area contributed by atoms with Gasteiger partial charge in [0.1, 0.15) is 12.1 Å². The van der Waals surface area contributed by atoms with Crippen LogP contribution >= 0.6 is 0 Å². The lowest BCUT2D eigenvalue weighted by Gasteiger charge is -2.22. The Balaban J connectivity index is 5.01. The number of carboxylic acid groups (broad SMARTS) is 2. The molecule has 0 fully saturated rings. The minimum absolute atomic E-state index is 0.111. The average molecular weight is 417 g/mol. The first-order valence-electron chi connectivity index (χ1n) is 8.58. The molecule has 0 radical (unpaired) electrons. The summed E-state index contributed by atoms with van der Waals surface area (Å²) in [5, 5.41) is 22.1. The summed E-state index contributed by atoms with van der Waals surface area (Å²) in [5.41, 5.74) is 21.1. The fraction of sp³-hybridized carbons (Fsp3) is 0.600. The standard InChI is InChI=1S/C15H27N7O7/c16-7(2-1-5-20-15(18)19)12(26)21-8(3-4-10(17)23)13(27)22-9(14(28)29)6-11(24)25/h7-9H,1-6,16H2,(H2,17,23)(H,21,26)(H,22,27)(H,24,25)(H,28,29)(H4,18,19,20)/t7-,8-,9-/m0/s1. The first-order chi connectivity index (χ1) is 13.4. The number of carbonyl (C=O) groups excluding carboxylic acids is 3. The van der Waals surface area contributed by atoms with Crippen LogP contribution in [0.25, 0.3) is 0 Å². The Hall–Kier alpha value is -3.42. The third-order valence-corrected chi connectivity index (χ3v) is 3.61. The van der Waals surface area contributed by atoms with Crippen molar-refractivity contribution < 1.29 is 34.2 Å². The molecule has 29 heavy (non-hydrogen) atoms. The summed E-state index contributed by atoms with van der Waals surface area (Å²) in [4.78, 5) is 61.1. The molecule has 0 heterocycles. The van der Waals surface area contributed by atoms with E-state index in [2.05, 4.69) is 10.3 Å². The first-order valence-corrected chi connectivity index (χ1v) is 8.58. The summed E-state index contributed by atoms with van der Waals surface area (Å²) in [5.74, 6) is -5.60. The smallest absolute Gasteiger partial charge is 0.326 e. The van der Waals surface area contributed by atoms with E-state index in [0.29, 0.717) is 6.42 Å². The normalized spacial score (nSPS) is 13.4. The van der Waals surface area contributed by atoms with Crippen LogP contribution in [-0.4, -0.2) is 70.5 Å². The van der Waals surface area contributed by atoms with Crippen molar-refractivity contribution >= 4 is 35.6 Å². The second kappa shape index (κ2) is 12.9. The van der Waals surface area contributed by atoms with Crippen LogP contribution in [-0.2, 0) is 24.0 Å². The molecule has 0 aromatic heterocycles. The van der Waals surface area contributed by atoms with Crippen molar-refractivity contribution in [3.63, 3.8) is 0 Å². The molecule has 0 saturated heterocycles. The first kappa shape index (κ1) is 25.6. The molecule has 0 saturated carbocycles. The van der Waals surface area contributed by atoms with E-state index in [0.717, 1.165) is 0 Å². The Morgan fingerprint density at radius 1 is 0.897 bits per heavy atom. The van der Waals surface area contributed by atoms with Crippen LogP contribution in [0.15, 0.2) is 4.99 Å². The molecule has 0 aliphatic heterocycles. The molecule has 0 aromatic rings. The predicted octanol–water partition coefficient (Wildman–Crippen LogP) is -3.84. The second-order valence-electron chi connectivity index (χ2n) is 6.12. The maximum atomic E-state index is 12.3. The molecule has 164 valence electrons. The van der Waals surface area contributed by atoms with Crippen molar-refractivity contribution in [2.45, 2.75) is 50.2 Å². The number of rotatable bonds is 14. The number of carboxylic acids is 2. The number of aliphatic imine (C=N–C) groups is 1. The Kier molecular flexibility index (Phi) is 11.4. The molecule has 14 nitrogen and oxygen atoms in total. The number of primary amides is 1. The molecule has 0 bridgehead atoms. The van der Waals surface area contributed by atoms with Crippen LogP contribution in [0.1, 0.15) is 32.1 Å². The zero-order valence-corrected chi connectivity index (χ0v) is 15.7. The van der Waals surface area contributed by atoms with Gasteiger partial charge in [-0.1, -0.05) is 0 Å². The fourth-order valence-electron chi connectivity index (χ4n) is 2.13. The summed E-state index contributed by atoms with van der Waals surface area (Å²) >= 11 is 0. The molecular formula is C15H27N7O7. The zero-order chi connectivity index (χ0) is 22.6. The molecule has 0 aliphatic rings. The lowest BCUT2D eigenvalue weighted by atomic mass is 10.1. The molecule has 14 heteroatoms. The molecular weight excluding hydrogens is 390 g/mol. The van der Waals surface area contributed by atoms with Gasteiger partial charge in [0.05, 0.1) is 12.5 Å². The number of hydrogen-bond donors (Lipinski definition) is 8. The molecule has 3 amide bonds. The third-order valence-electron chi connectivity index (χ3n) is 3.61. The molecule has 12 N–H and O–H groups in total. The molecule has 0 aliphatic carbocycles. The van der Waals surface area contributed by atoms with Crippen molar-refractivity contribution in [3.05, 3.63) is 0 Å². The SMILES string of the molecule is NC(=O)CC[C@H](NC(=O)[C@@H](N)CCCN=C(N)N)C(=O)N[C@@H](CC(=O)O)C(=O)O. The van der Waals surface area contributed by atoms with Gasteiger partial charge in [0.25, 0.3) is 0 Å². The molecule has 0 unspecified atom stereocenters. The van der Waals surface area contributed by atoms with E-state index in [1.807, 2.05) is 5.32 Å². The Labute approximate surface area is 166 Å². The van der Waals surface area contributed by atoms with Crippen molar-refractivity contribution in [2.75, 3.05) is 6.54 Å². The van der Waals surface area contributed by atoms with E-state index in [9.17, 15) is 24.0 Å². The lowest BCUT2D eigenvalue weighted by Crippen LogP contribution is -2.54. The largest absolute Gasteiger partial charge is 0.481 e. The highest BCUT2D eigenvalue weighted by Crippen LogP contribution is 2.03. The molecule has 0 aromatic carbocycles. The minimum atomic E-state index is -1.72. The van der Waals surface area contributed by atoms with Crippen LogP contribution in [0.4, 0.5) is 0 Å². The number of nitrogens with zero attached hydrogens (tertiary/aromatic N) is 1. The highest BCUT2D eigenvalue weighted by atomic mass is 16.4. The monoisotopic (exact) mass is 417 g/mol. The number of amides is 3. The van der Waals surface area contributed by atoms with Gasteiger partial charge in [-0.3, -0.25) is 24.2 Å². The fourth-order valence-corrected chi connectivity index (χ4v) is 2.13. The highest BCUT2D eigenvalue weighted by molar-refractivity contribution is 5.93. The third kappa shape index (κ3) is 11.8. The summed E-state index contributed by atoms with van der Waals surface area (Å²) in [6.45, 7) is 0.240. The average Bonchev–Trinajstić information content (AvgIpc) is 2.60. The summed E-state index contributed by atoms with van der Waals surface area (Å²) in [6.07, 6.45) is -0.822. The summed E-state index contributed by atoms with van der Waals surface area (Å²) in [6, 6.07) is -4.09. The number of aliphatic carboxylic acids is 2. The maximum Gasteiger partial charge on any atom is 0.326 e. The van der Waals surface area contributed by atoms with Gasteiger partial charge in [0, 0.05) is 13.0 Å². The molecule has 0 spiro atoms. The van der Waals surface area contributed by atoms with Gasteiger partial charge in [-0.2, -0.15) is 0 Å². The summed E-state index contributed by atoms with van der Waals surface area (Å²) in [7, 11) is 0. The number of guanidine groups is 1. The van der Waals surface area contributed by atoms with E-state index in [-0.39, 0.29) is 31.8 Å². The van der Waals surface area contributed by atoms with Crippen LogP contribution in [0.3, 0.4) is 0 Å². The second-order valence-corrected chi connectivity index (χ2v) is 6.12. The number of nitrogens with one attached hydrogen (secondary N) is 2. The highest BCUT2D eigenvalue weighted by Gasteiger charge is 2.29. The van der Waals surface area contributed by atoms with E-state index >= 15 is 0 Å². The van der Waals surface area contributed by atoms with Gasteiger partial charge >= 0.3 is 11.9 Å². The summed E-state index contributed by atoms with van der Waals surface area (Å²) < 4.78 is 0. The van der Waals surface area contributed by atoms with Crippen LogP contribution in [0, 0.1) is 0 Å². The zero-order valence-electron chi connectivity index (χ0n) is 15.7. The van der Waals surface area contributed by atoms with E-state index in [1.54, 1.807) is 0 Å². The Morgan fingerprint density at radius 2 is 1.48 bits per heavy atom. The van der Waals surface area contributed by atoms with E-state index in [4.69, 9.17) is 33.1 Å². The van der Waals surface area contributed by atoms with Crippen LogP contribution < -0.4 is 33.6 Å². The Bertz CT molecular complexity index is 649. The van der Waals surface area contributed by atoms with Crippen molar-refractivity contribution in [3.8, 4) is 0 Å². The number of hydrogen-bond acceptors (Lipinski definition) is 7. The number of nitrogens with two attached hydrogens (primary N) is 4. The van der Waals surface area contributed by atoms with Crippen LogP contribution in [0.2, 0.25) is 0 Å². The van der Waals surface area contributed by atoms with Gasteiger partial charge in [-0.25, -0.2) is 4.79 Å². The van der Waals surface area contributed by atoms with Gasteiger partial charge in [-0.05, 0) is 19.3 Å². The topological polar surface area (TPSA) is 266 Å². The van der Waals surface area contributed by atoms with E-state index < -0.39 is 54.2 Å². The minimum Gasteiger partial charge on any atom is -0.481 e. The van der Waals surface area contributed by atoms with Gasteiger partial charge < -0.3 is 43.8 Å². The molecule has 0 rings (SSSR count). The van der Waals surface area contributed by atoms with Gasteiger partial charge in [-0.15, -0.1) is 0 Å². The lowest BCUT2D eigenvalue weighted by molar-refractivity contribution is -0.147. The van der Waals surface area contributed by atoms with Crippen molar-refractivity contribution in [2.24, 2.45) is 27.9 Å². The van der Waals surface area contributed by atoms with Gasteiger partial charge in [0.15, 0.2) is 5.96 Å². The quantitative estimate of drug-likeness (QED) is 0.0774. The van der Waals surface area contributed by atoms with Crippen LogP contribution in [0.5, 0.6) is 0 Å². The number of carbonyl (C=O) groups is 5. The van der Waals surface area contributed by atoms with Crippen molar-refractivity contribution in [1.82, 2.24) is 10.6 Å². The van der Waals surface area contributed by atoms with Crippen molar-refractivity contribution in [1.29, 1.82) is 0 Å². The maximum absolute atomic E-state index is 12.3. The molecule has 3 atom stereocenters. The van der Waals surface area contributed by atoms with Gasteiger partial charge in [0.2, 0.25) is 17.7 Å².